The molecule has 0 unspecified atom stereocenters. The Morgan fingerprint density at radius 3 is 2.67 bits per heavy atom. The zero-order valence-corrected chi connectivity index (χ0v) is 17.4. The van der Waals surface area contributed by atoms with Crippen molar-refractivity contribution < 1.29 is 19.1 Å². The average molecular weight is 469 g/mol. The molecular weight excluding hydrogens is 454 g/mol. The Morgan fingerprint density at radius 2 is 1.96 bits per heavy atom. The largest absolute Gasteiger partial charge is 0.495 e. The van der Waals surface area contributed by atoms with Crippen LogP contribution in [0.3, 0.4) is 0 Å². The standard InChI is InChI=1S/C19H15BrClNO4S/c1-25-17-12(9-13(20)11-15(17)21)10-16-18(23)22(19(24)27-16)7-8-26-14-5-3-2-4-6-14/h2-6,9-11H,7-8H2,1H3/b16-10-. The molecule has 1 aliphatic rings. The van der Waals surface area contributed by atoms with Gasteiger partial charge in [0.2, 0.25) is 0 Å². The number of para-hydroxylation sites is 1. The lowest BCUT2D eigenvalue weighted by Gasteiger charge is -2.13. The van der Waals surface area contributed by atoms with Gasteiger partial charge in [-0.3, -0.25) is 14.5 Å². The van der Waals surface area contributed by atoms with Crippen molar-refractivity contribution in [3.8, 4) is 11.5 Å². The molecule has 3 rings (SSSR count). The second kappa shape index (κ2) is 8.82. The van der Waals surface area contributed by atoms with E-state index in [2.05, 4.69) is 15.9 Å². The number of halogens is 2. The van der Waals surface area contributed by atoms with Gasteiger partial charge in [-0.25, -0.2) is 0 Å². The van der Waals surface area contributed by atoms with Crippen LogP contribution < -0.4 is 9.47 Å². The van der Waals surface area contributed by atoms with Crippen LogP contribution in [0, 0.1) is 0 Å². The van der Waals surface area contributed by atoms with Gasteiger partial charge in [-0.15, -0.1) is 0 Å². The highest BCUT2D eigenvalue weighted by Crippen LogP contribution is 2.37. The van der Waals surface area contributed by atoms with Crippen LogP contribution in [0.25, 0.3) is 6.08 Å². The normalized spacial score (nSPS) is 15.5. The minimum Gasteiger partial charge on any atom is -0.495 e. The molecule has 0 saturated carbocycles. The van der Waals surface area contributed by atoms with Gasteiger partial charge in [0.05, 0.1) is 23.6 Å². The molecule has 5 nitrogen and oxygen atoms in total. The number of rotatable bonds is 6. The van der Waals surface area contributed by atoms with E-state index in [0.29, 0.717) is 27.0 Å². The molecule has 1 heterocycles. The van der Waals surface area contributed by atoms with Crippen molar-refractivity contribution in [1.82, 2.24) is 4.90 Å². The monoisotopic (exact) mass is 467 g/mol. The van der Waals surface area contributed by atoms with Crippen LogP contribution in [0.2, 0.25) is 5.02 Å². The molecule has 1 fully saturated rings. The second-order valence-electron chi connectivity index (χ2n) is 5.50. The zero-order valence-electron chi connectivity index (χ0n) is 14.3. The molecule has 0 N–H and O–H groups in total. The molecule has 0 aliphatic carbocycles. The summed E-state index contributed by atoms with van der Waals surface area (Å²) in [7, 11) is 1.50. The lowest BCUT2D eigenvalue weighted by atomic mass is 10.2. The number of benzene rings is 2. The van der Waals surface area contributed by atoms with Crippen molar-refractivity contribution in [2.75, 3.05) is 20.3 Å². The summed E-state index contributed by atoms with van der Waals surface area (Å²) in [4.78, 5) is 26.3. The van der Waals surface area contributed by atoms with Gasteiger partial charge in [-0.05, 0) is 42.1 Å². The van der Waals surface area contributed by atoms with Crippen LogP contribution in [-0.2, 0) is 4.79 Å². The van der Waals surface area contributed by atoms with Crippen molar-refractivity contribution in [2.45, 2.75) is 0 Å². The van der Waals surface area contributed by atoms with E-state index in [1.54, 1.807) is 18.2 Å². The predicted octanol–water partition coefficient (Wildman–Crippen LogP) is 5.23. The van der Waals surface area contributed by atoms with E-state index >= 15 is 0 Å². The van der Waals surface area contributed by atoms with E-state index in [-0.39, 0.29) is 24.3 Å². The fourth-order valence-electron chi connectivity index (χ4n) is 2.51. The maximum absolute atomic E-state index is 12.6. The van der Waals surface area contributed by atoms with E-state index in [1.807, 2.05) is 30.3 Å². The van der Waals surface area contributed by atoms with Crippen molar-refractivity contribution in [3.63, 3.8) is 0 Å². The summed E-state index contributed by atoms with van der Waals surface area (Å²) >= 11 is 10.4. The Kier molecular flexibility index (Phi) is 6.46. The zero-order chi connectivity index (χ0) is 19.4. The molecule has 2 aromatic carbocycles. The van der Waals surface area contributed by atoms with Crippen LogP contribution in [0.5, 0.6) is 11.5 Å². The number of amides is 2. The number of methoxy groups -OCH3 is 1. The lowest BCUT2D eigenvalue weighted by Crippen LogP contribution is -2.32. The molecule has 0 atom stereocenters. The molecule has 1 saturated heterocycles. The van der Waals surface area contributed by atoms with Crippen LogP contribution >= 0.6 is 39.3 Å². The molecule has 0 aromatic heterocycles. The molecule has 140 valence electrons. The first kappa shape index (κ1) is 19.8. The van der Waals surface area contributed by atoms with Gasteiger partial charge >= 0.3 is 0 Å². The number of ether oxygens (including phenoxy) is 2. The van der Waals surface area contributed by atoms with Crippen molar-refractivity contribution in [3.05, 3.63) is 62.4 Å². The van der Waals surface area contributed by atoms with E-state index in [0.717, 1.165) is 16.2 Å². The maximum atomic E-state index is 12.6. The molecule has 8 heteroatoms. The number of hydrogen-bond acceptors (Lipinski definition) is 5. The number of imide groups is 1. The number of nitrogens with zero attached hydrogens (tertiary/aromatic N) is 1. The molecule has 27 heavy (non-hydrogen) atoms. The lowest BCUT2D eigenvalue weighted by molar-refractivity contribution is -0.123. The highest BCUT2D eigenvalue weighted by molar-refractivity contribution is 9.10. The van der Waals surface area contributed by atoms with E-state index < -0.39 is 0 Å². The Labute approximate surface area is 174 Å². The minimum absolute atomic E-state index is 0.174. The van der Waals surface area contributed by atoms with Crippen LogP contribution in [-0.4, -0.2) is 36.3 Å². The third-order valence-corrected chi connectivity index (χ3v) is 5.37. The van der Waals surface area contributed by atoms with Crippen LogP contribution in [0.4, 0.5) is 4.79 Å². The SMILES string of the molecule is COc1c(Cl)cc(Br)cc1/C=C1\SC(=O)N(CCOc2ccccc2)C1=O. The first-order valence-corrected chi connectivity index (χ1v) is 9.94. The summed E-state index contributed by atoms with van der Waals surface area (Å²) in [6.07, 6.45) is 1.61. The van der Waals surface area contributed by atoms with E-state index in [4.69, 9.17) is 21.1 Å². The van der Waals surface area contributed by atoms with Gasteiger partial charge in [-0.2, -0.15) is 0 Å². The Balaban J connectivity index is 1.73. The van der Waals surface area contributed by atoms with Gasteiger partial charge in [-0.1, -0.05) is 45.7 Å². The highest BCUT2D eigenvalue weighted by atomic mass is 79.9. The van der Waals surface area contributed by atoms with E-state index in [9.17, 15) is 9.59 Å². The van der Waals surface area contributed by atoms with Crippen LogP contribution in [0.1, 0.15) is 5.56 Å². The van der Waals surface area contributed by atoms with Crippen molar-refractivity contribution in [2.24, 2.45) is 0 Å². The molecule has 2 amide bonds. The topological polar surface area (TPSA) is 55.8 Å². The summed E-state index contributed by atoms with van der Waals surface area (Å²) in [5.41, 5.74) is 0.614. The summed E-state index contributed by atoms with van der Waals surface area (Å²) in [6, 6.07) is 12.7. The Morgan fingerprint density at radius 1 is 1.22 bits per heavy atom. The van der Waals surface area contributed by atoms with Gasteiger partial charge in [0.1, 0.15) is 18.1 Å². The number of hydrogen-bond donors (Lipinski definition) is 0. The van der Waals surface area contributed by atoms with Gasteiger partial charge in [0.25, 0.3) is 11.1 Å². The highest BCUT2D eigenvalue weighted by Gasteiger charge is 2.35. The van der Waals surface area contributed by atoms with E-state index in [1.165, 1.54) is 12.0 Å². The Bertz CT molecular complexity index is 904. The van der Waals surface area contributed by atoms with Gasteiger partial charge in [0, 0.05) is 10.0 Å². The fourth-order valence-corrected chi connectivity index (χ4v) is 4.28. The molecule has 0 bridgehead atoms. The van der Waals surface area contributed by atoms with Crippen molar-refractivity contribution in [1.29, 1.82) is 0 Å². The third kappa shape index (κ3) is 4.66. The molecule has 0 spiro atoms. The summed E-state index contributed by atoms with van der Waals surface area (Å²) in [6.45, 7) is 0.397. The first-order chi connectivity index (χ1) is 13.0. The maximum Gasteiger partial charge on any atom is 0.293 e. The average Bonchev–Trinajstić information content (AvgIpc) is 2.90. The van der Waals surface area contributed by atoms with Crippen LogP contribution in [0.15, 0.2) is 51.8 Å². The summed E-state index contributed by atoms with van der Waals surface area (Å²) in [5, 5.41) is 0.0802. The summed E-state index contributed by atoms with van der Waals surface area (Å²) in [5.74, 6) is 0.771. The smallest absolute Gasteiger partial charge is 0.293 e. The molecule has 1 aliphatic heterocycles. The predicted molar refractivity (Wildman–Crippen MR) is 110 cm³/mol. The quantitative estimate of drug-likeness (QED) is 0.544. The Hall–Kier alpha value is -1.96. The molecule has 2 aromatic rings. The third-order valence-electron chi connectivity index (χ3n) is 3.73. The minimum atomic E-state index is -0.361. The summed E-state index contributed by atoms with van der Waals surface area (Å²) < 4.78 is 11.6. The number of carbonyl (C=O) groups excluding carboxylic acids is 2. The second-order valence-corrected chi connectivity index (χ2v) is 7.82. The molecular formula is C19H15BrClNO4S. The van der Waals surface area contributed by atoms with Gasteiger partial charge < -0.3 is 9.47 Å². The van der Waals surface area contributed by atoms with Gasteiger partial charge in [0.15, 0.2) is 0 Å². The number of carbonyl (C=O) groups is 2. The molecule has 0 radical (unpaired) electrons. The number of thioether (sulfide) groups is 1. The fraction of sp³-hybridized carbons (Fsp3) is 0.158. The van der Waals surface area contributed by atoms with Crippen molar-refractivity contribution >= 4 is 56.5 Å². The first-order valence-electron chi connectivity index (χ1n) is 7.96.